The highest BCUT2D eigenvalue weighted by Crippen LogP contribution is 2.25. The third-order valence-electron chi connectivity index (χ3n) is 4.69. The van der Waals surface area contributed by atoms with Crippen molar-refractivity contribution in [3.63, 3.8) is 0 Å². The number of ether oxygens (including phenoxy) is 1. The number of benzene rings is 2. The van der Waals surface area contributed by atoms with E-state index in [0.29, 0.717) is 16.8 Å². The van der Waals surface area contributed by atoms with E-state index in [0.717, 1.165) is 30.6 Å². The normalized spacial score (nSPS) is 13.9. The van der Waals surface area contributed by atoms with Gasteiger partial charge >= 0.3 is 6.09 Å². The predicted molar refractivity (Wildman–Crippen MR) is 119 cm³/mol. The number of nitrogens with one attached hydrogen (secondary N) is 3. The van der Waals surface area contributed by atoms with E-state index in [1.165, 1.54) is 6.07 Å². The van der Waals surface area contributed by atoms with Crippen molar-refractivity contribution in [3.8, 4) is 0 Å². The lowest BCUT2D eigenvalue weighted by Gasteiger charge is -2.19. The molecule has 2 aromatic rings. The Morgan fingerprint density at radius 2 is 1.87 bits per heavy atom. The monoisotopic (exact) mass is 425 g/mol. The lowest BCUT2D eigenvalue weighted by molar-refractivity contribution is 0.0523. The molecule has 0 atom stereocenters. The first-order chi connectivity index (χ1) is 14.7. The Morgan fingerprint density at radius 1 is 1.13 bits per heavy atom. The van der Waals surface area contributed by atoms with Gasteiger partial charge in [0.2, 0.25) is 0 Å². The van der Waals surface area contributed by atoms with Gasteiger partial charge in [-0.25, -0.2) is 9.18 Å². The van der Waals surface area contributed by atoms with Crippen LogP contribution in [-0.4, -0.2) is 30.7 Å². The second-order valence-corrected chi connectivity index (χ2v) is 8.38. The average Bonchev–Trinajstić information content (AvgIpc) is 2.72. The van der Waals surface area contributed by atoms with Gasteiger partial charge in [-0.05, 0) is 75.2 Å². The number of anilines is 1. The van der Waals surface area contributed by atoms with Gasteiger partial charge in [-0.15, -0.1) is 0 Å². The number of halogens is 1. The Bertz CT molecular complexity index is 979. The Balaban J connectivity index is 1.57. The van der Waals surface area contributed by atoms with Gasteiger partial charge in [0.05, 0.1) is 0 Å². The molecular weight excluding hydrogens is 397 g/mol. The number of hydrogen-bond donors (Lipinski definition) is 3. The van der Waals surface area contributed by atoms with E-state index < -0.39 is 11.7 Å². The van der Waals surface area contributed by atoms with Crippen LogP contribution in [0.25, 0.3) is 5.57 Å². The molecule has 1 aliphatic rings. The quantitative estimate of drug-likeness (QED) is 0.660. The van der Waals surface area contributed by atoms with Crippen LogP contribution in [-0.2, 0) is 11.3 Å². The summed E-state index contributed by atoms with van der Waals surface area (Å²) >= 11 is 0. The molecule has 3 rings (SSSR count). The average molecular weight is 426 g/mol. The molecule has 0 aromatic heterocycles. The van der Waals surface area contributed by atoms with E-state index in [9.17, 15) is 14.0 Å². The number of carbonyl (C=O) groups is 2. The molecule has 2 amide bonds. The highest BCUT2D eigenvalue weighted by Gasteiger charge is 2.16. The molecule has 0 unspecified atom stereocenters. The standard InChI is InChI=1S/C24H28FN3O3/c1-24(2,3)31-23(30)27-15-16-4-6-18(7-5-16)22(29)28-19-8-9-20(21(25)14-19)17-10-12-26-13-11-17/h4-10,14,26H,11-13,15H2,1-3H3,(H,27,30)(H,28,29). The molecule has 6 nitrogen and oxygen atoms in total. The summed E-state index contributed by atoms with van der Waals surface area (Å²) in [5, 5.41) is 8.60. The van der Waals surface area contributed by atoms with Crippen molar-refractivity contribution in [2.24, 2.45) is 0 Å². The van der Waals surface area contributed by atoms with Crippen molar-refractivity contribution in [1.82, 2.24) is 10.6 Å². The SMILES string of the molecule is CC(C)(C)OC(=O)NCc1ccc(C(=O)Nc2ccc(C3=CCNCC3)c(F)c2)cc1. The number of alkyl carbamates (subject to hydrolysis) is 1. The van der Waals surface area contributed by atoms with Gasteiger partial charge in [-0.2, -0.15) is 0 Å². The van der Waals surface area contributed by atoms with E-state index in [1.54, 1.807) is 57.2 Å². The molecule has 1 heterocycles. The highest BCUT2D eigenvalue weighted by atomic mass is 19.1. The van der Waals surface area contributed by atoms with Crippen molar-refractivity contribution in [2.75, 3.05) is 18.4 Å². The largest absolute Gasteiger partial charge is 0.444 e. The smallest absolute Gasteiger partial charge is 0.407 e. The Morgan fingerprint density at radius 3 is 2.48 bits per heavy atom. The summed E-state index contributed by atoms with van der Waals surface area (Å²) in [6.07, 6.45) is 2.26. The van der Waals surface area contributed by atoms with Crippen LogP contribution in [0.2, 0.25) is 0 Å². The molecule has 1 aliphatic heterocycles. The number of amides is 2. The molecule has 0 spiro atoms. The van der Waals surface area contributed by atoms with Crippen LogP contribution >= 0.6 is 0 Å². The molecule has 0 fully saturated rings. The van der Waals surface area contributed by atoms with Gasteiger partial charge < -0.3 is 20.7 Å². The third kappa shape index (κ3) is 6.65. The van der Waals surface area contributed by atoms with E-state index in [1.807, 2.05) is 6.08 Å². The fraction of sp³-hybridized carbons (Fsp3) is 0.333. The first-order valence-corrected chi connectivity index (χ1v) is 10.3. The summed E-state index contributed by atoms with van der Waals surface area (Å²) < 4.78 is 19.7. The first kappa shape index (κ1) is 22.5. The lowest BCUT2D eigenvalue weighted by atomic mass is 9.99. The Kier molecular flexibility index (Phi) is 7.07. The summed E-state index contributed by atoms with van der Waals surface area (Å²) in [7, 11) is 0. The molecular formula is C24H28FN3O3. The highest BCUT2D eigenvalue weighted by molar-refractivity contribution is 6.04. The summed E-state index contributed by atoms with van der Waals surface area (Å²) in [5.41, 5.74) is 2.65. The molecule has 0 bridgehead atoms. The zero-order chi connectivity index (χ0) is 22.4. The first-order valence-electron chi connectivity index (χ1n) is 10.3. The molecule has 3 N–H and O–H groups in total. The van der Waals surface area contributed by atoms with Crippen molar-refractivity contribution >= 4 is 23.3 Å². The fourth-order valence-corrected chi connectivity index (χ4v) is 3.19. The van der Waals surface area contributed by atoms with Gasteiger partial charge in [-0.1, -0.05) is 18.2 Å². The topological polar surface area (TPSA) is 79.5 Å². The van der Waals surface area contributed by atoms with Crippen LogP contribution in [0.5, 0.6) is 0 Å². The lowest BCUT2D eigenvalue weighted by Crippen LogP contribution is -2.32. The predicted octanol–water partition coefficient (Wildman–Crippen LogP) is 4.48. The van der Waals surface area contributed by atoms with E-state index in [4.69, 9.17) is 4.74 Å². The van der Waals surface area contributed by atoms with Gasteiger partial charge in [0.1, 0.15) is 11.4 Å². The molecule has 2 aromatic carbocycles. The van der Waals surface area contributed by atoms with E-state index in [-0.39, 0.29) is 18.3 Å². The third-order valence-corrected chi connectivity index (χ3v) is 4.69. The van der Waals surface area contributed by atoms with Gasteiger partial charge in [0.15, 0.2) is 0 Å². The zero-order valence-electron chi connectivity index (χ0n) is 18.0. The van der Waals surface area contributed by atoms with Crippen LogP contribution < -0.4 is 16.0 Å². The summed E-state index contributed by atoms with van der Waals surface area (Å²) in [5.74, 6) is -0.686. The van der Waals surface area contributed by atoms with Gasteiger partial charge in [-0.3, -0.25) is 4.79 Å². The summed E-state index contributed by atoms with van der Waals surface area (Å²) in [6, 6.07) is 11.6. The maximum atomic E-state index is 14.5. The van der Waals surface area contributed by atoms with Gasteiger partial charge in [0.25, 0.3) is 5.91 Å². The molecule has 31 heavy (non-hydrogen) atoms. The molecule has 0 aliphatic carbocycles. The number of rotatable bonds is 5. The van der Waals surface area contributed by atoms with Crippen molar-refractivity contribution in [2.45, 2.75) is 39.3 Å². The van der Waals surface area contributed by atoms with Gasteiger partial charge in [0, 0.05) is 29.9 Å². The molecule has 0 saturated carbocycles. The molecule has 7 heteroatoms. The minimum absolute atomic E-state index is 0.287. The summed E-state index contributed by atoms with van der Waals surface area (Å²) in [6.45, 7) is 7.23. The van der Waals surface area contributed by atoms with Crippen LogP contribution in [0.1, 0.15) is 48.7 Å². The molecule has 0 saturated heterocycles. The van der Waals surface area contributed by atoms with E-state index >= 15 is 0 Å². The zero-order valence-corrected chi connectivity index (χ0v) is 18.0. The second-order valence-electron chi connectivity index (χ2n) is 8.38. The fourth-order valence-electron chi connectivity index (χ4n) is 3.19. The Labute approximate surface area is 181 Å². The second kappa shape index (κ2) is 9.75. The minimum atomic E-state index is -0.561. The maximum Gasteiger partial charge on any atom is 0.407 e. The molecule has 164 valence electrons. The Hall–Kier alpha value is -3.19. The van der Waals surface area contributed by atoms with Crippen LogP contribution in [0.4, 0.5) is 14.9 Å². The number of hydrogen-bond acceptors (Lipinski definition) is 4. The maximum absolute atomic E-state index is 14.5. The molecule has 0 radical (unpaired) electrons. The minimum Gasteiger partial charge on any atom is -0.444 e. The van der Waals surface area contributed by atoms with Crippen molar-refractivity contribution in [3.05, 3.63) is 71.0 Å². The van der Waals surface area contributed by atoms with Crippen molar-refractivity contribution < 1.29 is 18.7 Å². The van der Waals surface area contributed by atoms with Crippen LogP contribution in [0, 0.1) is 5.82 Å². The van der Waals surface area contributed by atoms with Crippen LogP contribution in [0.3, 0.4) is 0 Å². The van der Waals surface area contributed by atoms with Crippen molar-refractivity contribution in [1.29, 1.82) is 0 Å². The van der Waals surface area contributed by atoms with Crippen LogP contribution in [0.15, 0.2) is 48.5 Å². The number of carbonyl (C=O) groups excluding carboxylic acids is 2. The summed E-state index contributed by atoms with van der Waals surface area (Å²) in [4.78, 5) is 24.2. The van der Waals surface area contributed by atoms with E-state index in [2.05, 4.69) is 16.0 Å².